The molecule has 1 aliphatic heterocycles. The molecule has 146 valence electrons. The fourth-order valence-electron chi connectivity index (χ4n) is 4.37. The second-order valence-corrected chi connectivity index (χ2v) is 8.07. The Balaban J connectivity index is 1.95. The van der Waals surface area contributed by atoms with Gasteiger partial charge in [-0.25, -0.2) is 0 Å². The van der Waals surface area contributed by atoms with Crippen LogP contribution in [0.1, 0.15) is 64.7 Å². The fraction of sp³-hybridized carbons (Fsp3) is 0.545. The van der Waals surface area contributed by atoms with Crippen LogP contribution in [0.3, 0.4) is 0 Å². The van der Waals surface area contributed by atoms with Crippen molar-refractivity contribution in [3.63, 3.8) is 0 Å². The number of rotatable bonds is 7. The van der Waals surface area contributed by atoms with E-state index in [0.717, 1.165) is 44.9 Å². The minimum atomic E-state index is -0.466. The SMILES string of the molecule is CCCCCC(=O)C1=C(O)C(=O)N(c2ccc(Cl)cc2)C1C1CCCCC1. The van der Waals surface area contributed by atoms with Gasteiger partial charge in [0.1, 0.15) is 0 Å². The molecular weight excluding hydrogens is 362 g/mol. The summed E-state index contributed by atoms with van der Waals surface area (Å²) in [4.78, 5) is 27.5. The number of halogens is 1. The number of Topliss-reactive ketones (excluding diaryl/α,β-unsaturated/α-hetero) is 1. The number of hydrogen-bond acceptors (Lipinski definition) is 3. The summed E-state index contributed by atoms with van der Waals surface area (Å²) in [6.45, 7) is 2.09. The monoisotopic (exact) mass is 389 g/mol. The van der Waals surface area contributed by atoms with Crippen LogP contribution < -0.4 is 4.90 Å². The van der Waals surface area contributed by atoms with Crippen LogP contribution >= 0.6 is 11.6 Å². The summed E-state index contributed by atoms with van der Waals surface area (Å²) in [6.07, 6.45) is 8.51. The normalized spacial score (nSPS) is 21.2. The van der Waals surface area contributed by atoms with Gasteiger partial charge in [-0.15, -0.1) is 0 Å². The van der Waals surface area contributed by atoms with Gasteiger partial charge in [-0.1, -0.05) is 50.6 Å². The predicted molar refractivity (Wildman–Crippen MR) is 108 cm³/mol. The highest BCUT2D eigenvalue weighted by Crippen LogP contribution is 2.40. The van der Waals surface area contributed by atoms with Crippen molar-refractivity contribution < 1.29 is 14.7 Å². The molecule has 1 aromatic carbocycles. The molecule has 5 heteroatoms. The van der Waals surface area contributed by atoms with Crippen molar-refractivity contribution in [2.45, 2.75) is 70.8 Å². The Morgan fingerprint density at radius 3 is 2.44 bits per heavy atom. The first-order valence-electron chi connectivity index (χ1n) is 10.1. The number of unbranched alkanes of at least 4 members (excludes halogenated alkanes) is 2. The van der Waals surface area contributed by atoms with Crippen LogP contribution in [-0.2, 0) is 9.59 Å². The van der Waals surface area contributed by atoms with E-state index in [0.29, 0.717) is 22.7 Å². The molecular formula is C22H28ClNO3. The summed E-state index contributed by atoms with van der Waals surface area (Å²) in [5.41, 5.74) is 1.01. The van der Waals surface area contributed by atoms with Crippen LogP contribution in [0.25, 0.3) is 0 Å². The molecule has 1 fully saturated rings. The van der Waals surface area contributed by atoms with Gasteiger partial charge in [-0.05, 0) is 49.4 Å². The lowest BCUT2D eigenvalue weighted by Gasteiger charge is -2.35. The molecule has 0 aromatic heterocycles. The number of amides is 1. The quantitative estimate of drug-likeness (QED) is 0.617. The van der Waals surface area contributed by atoms with Gasteiger partial charge in [0.25, 0.3) is 5.91 Å². The van der Waals surface area contributed by atoms with E-state index in [1.54, 1.807) is 29.2 Å². The highest BCUT2D eigenvalue weighted by atomic mass is 35.5. The molecule has 0 radical (unpaired) electrons. The van der Waals surface area contributed by atoms with Crippen LogP contribution in [0.5, 0.6) is 0 Å². The minimum Gasteiger partial charge on any atom is -0.503 e. The van der Waals surface area contributed by atoms with Gasteiger partial charge in [0.05, 0.1) is 11.6 Å². The number of nitrogens with zero attached hydrogens (tertiary/aromatic N) is 1. The standard InChI is InChI=1S/C22H28ClNO3/c1-2-3-5-10-18(25)19-20(15-8-6-4-7-9-15)24(22(27)21(19)26)17-13-11-16(23)12-14-17/h11-15,20,26H,2-10H2,1H3. The Kier molecular flexibility index (Phi) is 6.59. The lowest BCUT2D eigenvalue weighted by Crippen LogP contribution is -2.42. The highest BCUT2D eigenvalue weighted by Gasteiger charge is 2.46. The lowest BCUT2D eigenvalue weighted by molar-refractivity contribution is -0.118. The Bertz CT molecular complexity index is 720. The van der Waals surface area contributed by atoms with Gasteiger partial charge in [0.15, 0.2) is 11.5 Å². The van der Waals surface area contributed by atoms with E-state index in [2.05, 4.69) is 6.92 Å². The summed E-state index contributed by atoms with van der Waals surface area (Å²) < 4.78 is 0. The van der Waals surface area contributed by atoms with Gasteiger partial charge < -0.3 is 5.11 Å². The molecule has 1 amide bonds. The fourth-order valence-corrected chi connectivity index (χ4v) is 4.49. The van der Waals surface area contributed by atoms with E-state index < -0.39 is 5.91 Å². The second kappa shape index (κ2) is 8.92. The summed E-state index contributed by atoms with van der Waals surface area (Å²) in [5.74, 6) is -0.705. The molecule has 1 heterocycles. The second-order valence-electron chi connectivity index (χ2n) is 7.64. The summed E-state index contributed by atoms with van der Waals surface area (Å²) in [6, 6.07) is 6.68. The van der Waals surface area contributed by atoms with E-state index in [9.17, 15) is 14.7 Å². The maximum atomic E-state index is 12.9. The molecule has 0 spiro atoms. The molecule has 1 aromatic rings. The van der Waals surface area contributed by atoms with E-state index in [4.69, 9.17) is 11.6 Å². The van der Waals surface area contributed by atoms with Gasteiger partial charge in [0.2, 0.25) is 0 Å². The van der Waals surface area contributed by atoms with Gasteiger partial charge in [0, 0.05) is 17.1 Å². The number of anilines is 1. The summed E-state index contributed by atoms with van der Waals surface area (Å²) in [7, 11) is 0. The lowest BCUT2D eigenvalue weighted by atomic mass is 9.79. The first-order valence-corrected chi connectivity index (χ1v) is 10.5. The van der Waals surface area contributed by atoms with Crippen LogP contribution in [0.15, 0.2) is 35.6 Å². The number of carbonyl (C=O) groups is 2. The number of carbonyl (C=O) groups excluding carboxylic acids is 2. The molecule has 1 atom stereocenters. The number of aliphatic hydroxyl groups excluding tert-OH is 1. The average molecular weight is 390 g/mol. The number of hydrogen-bond donors (Lipinski definition) is 1. The van der Waals surface area contributed by atoms with Crippen molar-refractivity contribution in [3.05, 3.63) is 40.6 Å². The molecule has 1 unspecified atom stereocenters. The third-order valence-electron chi connectivity index (χ3n) is 5.76. The maximum Gasteiger partial charge on any atom is 0.294 e. The number of benzene rings is 1. The molecule has 2 aliphatic rings. The van der Waals surface area contributed by atoms with E-state index in [1.165, 1.54) is 6.42 Å². The summed E-state index contributed by atoms with van der Waals surface area (Å²) >= 11 is 6.00. The zero-order valence-electron chi connectivity index (χ0n) is 15.9. The largest absolute Gasteiger partial charge is 0.503 e. The van der Waals surface area contributed by atoms with Crippen molar-refractivity contribution >= 4 is 29.0 Å². The molecule has 27 heavy (non-hydrogen) atoms. The Morgan fingerprint density at radius 1 is 1.15 bits per heavy atom. The van der Waals surface area contributed by atoms with Crippen molar-refractivity contribution in [2.75, 3.05) is 4.90 Å². The van der Waals surface area contributed by atoms with E-state index >= 15 is 0 Å². The van der Waals surface area contributed by atoms with Crippen LogP contribution in [-0.4, -0.2) is 22.8 Å². The number of ketones is 1. The number of aliphatic hydroxyl groups is 1. The molecule has 1 saturated carbocycles. The molecule has 1 N–H and O–H groups in total. The van der Waals surface area contributed by atoms with E-state index in [1.807, 2.05) is 0 Å². The molecule has 1 aliphatic carbocycles. The Labute approximate surface area is 166 Å². The molecule has 3 rings (SSSR count). The third kappa shape index (κ3) is 4.21. The topological polar surface area (TPSA) is 57.6 Å². The van der Waals surface area contributed by atoms with Crippen molar-refractivity contribution in [3.8, 4) is 0 Å². The Hall–Kier alpha value is -1.81. The Morgan fingerprint density at radius 2 is 1.81 bits per heavy atom. The van der Waals surface area contributed by atoms with Gasteiger partial charge in [-0.2, -0.15) is 0 Å². The first kappa shape index (κ1) is 19.9. The first-order chi connectivity index (χ1) is 13.0. The van der Waals surface area contributed by atoms with Gasteiger partial charge in [-0.3, -0.25) is 14.5 Å². The molecule has 0 bridgehead atoms. The smallest absolute Gasteiger partial charge is 0.294 e. The third-order valence-corrected chi connectivity index (χ3v) is 6.01. The van der Waals surface area contributed by atoms with Crippen molar-refractivity contribution in [2.24, 2.45) is 5.92 Å². The van der Waals surface area contributed by atoms with Gasteiger partial charge >= 0.3 is 0 Å². The van der Waals surface area contributed by atoms with Crippen LogP contribution in [0, 0.1) is 5.92 Å². The van der Waals surface area contributed by atoms with Crippen molar-refractivity contribution in [1.29, 1.82) is 0 Å². The zero-order chi connectivity index (χ0) is 19.4. The minimum absolute atomic E-state index is 0.0821. The van der Waals surface area contributed by atoms with E-state index in [-0.39, 0.29) is 23.5 Å². The zero-order valence-corrected chi connectivity index (χ0v) is 16.7. The van der Waals surface area contributed by atoms with Crippen LogP contribution in [0.4, 0.5) is 5.69 Å². The average Bonchev–Trinajstić information content (AvgIpc) is 2.95. The maximum absolute atomic E-state index is 12.9. The highest BCUT2D eigenvalue weighted by molar-refractivity contribution is 6.30. The van der Waals surface area contributed by atoms with Crippen LogP contribution in [0.2, 0.25) is 5.02 Å². The summed E-state index contributed by atoms with van der Waals surface area (Å²) in [5, 5.41) is 11.2. The predicted octanol–water partition coefficient (Wildman–Crippen LogP) is 5.60. The molecule has 4 nitrogen and oxygen atoms in total. The molecule has 0 saturated heterocycles. The van der Waals surface area contributed by atoms with Crippen molar-refractivity contribution in [1.82, 2.24) is 0 Å².